The van der Waals surface area contributed by atoms with Crippen LogP contribution in [0.1, 0.15) is 250 Å². The number of Topliss-reactive ketones (excluding diaryl/α,β-unsaturated/α-hetero) is 2. The molecule has 408 valence electrons. The van der Waals surface area contributed by atoms with Gasteiger partial charge in [-0.1, -0.05) is 166 Å². The van der Waals surface area contributed by atoms with Crippen LogP contribution < -0.4 is 10.6 Å². The lowest BCUT2D eigenvalue weighted by molar-refractivity contribution is -0.142. The number of carbonyl (C=O) groups is 6. The molecule has 9 heteroatoms. The third-order valence-corrected chi connectivity index (χ3v) is 14.1. The Morgan fingerprint density at radius 1 is 0.443 bits per heavy atom. The van der Waals surface area contributed by atoms with Crippen LogP contribution in [0.3, 0.4) is 0 Å². The van der Waals surface area contributed by atoms with E-state index in [0.717, 1.165) is 50.6 Å². The van der Waals surface area contributed by atoms with Crippen molar-refractivity contribution in [2.24, 2.45) is 84.7 Å². The molecule has 4 rings (SSSR count). The first-order valence-electron chi connectivity index (χ1n) is 27.6. The number of carbonyl (C=O) groups excluding carboxylic acids is 6. The van der Waals surface area contributed by atoms with Gasteiger partial charge in [0.15, 0.2) is 0 Å². The standard InChI is InChI=1S/2C17H33NO.C14H24O2.C13H23NO2/c2*1-16(2,3)11-13-7-9-14(10-8-13)15(19)18-12-17(4,5)6;1-13(2,3)8-9-11(15)7-10(12(9)16)14(4,5)6;1-12(2,3)8-14-10(15)7-9(11(14)16)13(4,5)6/h2*13-14H,7-12H2,1-6H3,(H,18,19);9-10H,7-8H2,1-6H3;9H,7-8H2,1-6H3. The molecule has 0 aromatic rings. The van der Waals surface area contributed by atoms with Crippen LogP contribution in [0.25, 0.3) is 0 Å². The molecule has 1 saturated heterocycles. The number of hydrogen-bond donors (Lipinski definition) is 2. The molecule has 0 bridgehead atoms. The second-order valence-electron chi connectivity index (χ2n) is 31.8. The van der Waals surface area contributed by atoms with Gasteiger partial charge in [0, 0.05) is 50.2 Å². The van der Waals surface area contributed by atoms with E-state index in [9.17, 15) is 28.8 Å². The van der Waals surface area contributed by atoms with E-state index in [-0.39, 0.29) is 97.3 Å². The van der Waals surface area contributed by atoms with Crippen molar-refractivity contribution in [3.8, 4) is 0 Å². The first-order valence-corrected chi connectivity index (χ1v) is 27.6. The molecule has 0 spiro atoms. The molecule has 4 aliphatic rings. The molecular weight excluding hydrogens is 871 g/mol. The van der Waals surface area contributed by atoms with Crippen molar-refractivity contribution in [3.63, 3.8) is 0 Å². The molecule has 70 heavy (non-hydrogen) atoms. The largest absolute Gasteiger partial charge is 0.355 e. The molecule has 3 saturated carbocycles. The zero-order chi connectivity index (χ0) is 54.8. The fourth-order valence-electron chi connectivity index (χ4n) is 10.4. The first-order chi connectivity index (χ1) is 31.2. The average molecular weight is 985 g/mol. The summed E-state index contributed by atoms with van der Waals surface area (Å²) < 4.78 is 0. The van der Waals surface area contributed by atoms with Crippen molar-refractivity contribution in [2.45, 2.75) is 250 Å². The van der Waals surface area contributed by atoms with Crippen molar-refractivity contribution < 1.29 is 28.8 Å². The van der Waals surface area contributed by atoms with Gasteiger partial charge >= 0.3 is 0 Å². The number of ketones is 2. The third kappa shape index (κ3) is 26.4. The fraction of sp³-hybridized carbons (Fsp3) is 0.902. The van der Waals surface area contributed by atoms with Crippen LogP contribution in [0.4, 0.5) is 0 Å². The smallest absolute Gasteiger partial charge is 0.233 e. The molecule has 4 fully saturated rings. The molecule has 3 unspecified atom stereocenters. The number of likely N-dealkylation sites (tertiary alicyclic amines) is 1. The van der Waals surface area contributed by atoms with Gasteiger partial charge in [-0.05, 0) is 126 Å². The van der Waals surface area contributed by atoms with Crippen molar-refractivity contribution in [1.29, 1.82) is 0 Å². The summed E-state index contributed by atoms with van der Waals surface area (Å²) in [5.41, 5.74) is 1.01. The van der Waals surface area contributed by atoms with Gasteiger partial charge in [0.2, 0.25) is 23.6 Å². The van der Waals surface area contributed by atoms with Gasteiger partial charge in [0.25, 0.3) is 0 Å². The van der Waals surface area contributed by atoms with Gasteiger partial charge in [-0.25, -0.2) is 0 Å². The van der Waals surface area contributed by atoms with Crippen LogP contribution in [0.15, 0.2) is 0 Å². The predicted octanol–water partition coefficient (Wildman–Crippen LogP) is 14.5. The highest BCUT2D eigenvalue weighted by atomic mass is 16.2. The first kappa shape index (κ1) is 65.4. The minimum absolute atomic E-state index is 0.00688. The Hall–Kier alpha value is -2.58. The molecule has 1 aliphatic heterocycles. The van der Waals surface area contributed by atoms with Gasteiger partial charge in [-0.2, -0.15) is 0 Å². The average Bonchev–Trinajstić information content (AvgIpc) is 3.60. The van der Waals surface area contributed by atoms with Crippen LogP contribution in [0, 0.1) is 84.7 Å². The monoisotopic (exact) mass is 984 g/mol. The van der Waals surface area contributed by atoms with E-state index in [4.69, 9.17) is 0 Å². The van der Waals surface area contributed by atoms with Crippen LogP contribution >= 0.6 is 0 Å². The second kappa shape index (κ2) is 25.6. The van der Waals surface area contributed by atoms with E-state index in [2.05, 4.69) is 114 Å². The molecule has 4 amide bonds. The van der Waals surface area contributed by atoms with Crippen molar-refractivity contribution >= 4 is 35.2 Å². The predicted molar refractivity (Wildman–Crippen MR) is 293 cm³/mol. The van der Waals surface area contributed by atoms with E-state index in [1.165, 1.54) is 43.4 Å². The van der Waals surface area contributed by atoms with Gasteiger partial charge in [0.1, 0.15) is 11.6 Å². The lowest BCUT2D eigenvalue weighted by Crippen LogP contribution is -2.39. The minimum atomic E-state index is -0.343. The Bertz CT molecular complexity index is 1560. The Morgan fingerprint density at radius 3 is 1.04 bits per heavy atom. The summed E-state index contributed by atoms with van der Waals surface area (Å²) in [5, 5.41) is 6.23. The topological polar surface area (TPSA) is 130 Å². The highest BCUT2D eigenvalue weighted by Crippen LogP contribution is 2.42. The number of nitrogens with zero attached hydrogens (tertiary/aromatic N) is 1. The quantitative estimate of drug-likeness (QED) is 0.184. The summed E-state index contributed by atoms with van der Waals surface area (Å²) in [7, 11) is 0. The SMILES string of the molecule is CC(C)(C)CC1C(=O)CC(C(C)(C)C)C1=O.CC(C)(C)CN1C(=O)CC(C(C)(C)C)C1=O.CC(C)(C)CNC(=O)C1CCC(CC(C)(C)C)CC1.CC(C)(C)CNC(=O)C1CCC(CC(C)(C)C)CC1. The number of hydrogen-bond acceptors (Lipinski definition) is 6. The Morgan fingerprint density at radius 2 is 0.786 bits per heavy atom. The van der Waals surface area contributed by atoms with E-state index in [1.807, 2.05) is 62.3 Å². The molecule has 0 aromatic heterocycles. The highest BCUT2D eigenvalue weighted by Gasteiger charge is 2.47. The van der Waals surface area contributed by atoms with Gasteiger partial charge < -0.3 is 10.6 Å². The summed E-state index contributed by atoms with van der Waals surface area (Å²) >= 11 is 0. The van der Waals surface area contributed by atoms with Crippen LogP contribution in [0.5, 0.6) is 0 Å². The maximum Gasteiger partial charge on any atom is 0.233 e. The molecular formula is C61H113N3O6. The number of amides is 4. The second-order valence-corrected chi connectivity index (χ2v) is 31.8. The summed E-state index contributed by atoms with van der Waals surface area (Å²) in [6, 6.07) is 0. The van der Waals surface area contributed by atoms with Crippen LogP contribution in [-0.2, 0) is 28.8 Å². The zero-order valence-electron chi connectivity index (χ0n) is 50.3. The van der Waals surface area contributed by atoms with Crippen molar-refractivity contribution in [3.05, 3.63) is 0 Å². The molecule has 0 radical (unpaired) electrons. The molecule has 2 N–H and O–H groups in total. The van der Waals surface area contributed by atoms with Gasteiger partial charge in [-0.3, -0.25) is 33.7 Å². The normalized spacial score (nSPS) is 25.3. The molecule has 3 aliphatic carbocycles. The van der Waals surface area contributed by atoms with Crippen molar-refractivity contribution in [1.82, 2.24) is 15.5 Å². The van der Waals surface area contributed by atoms with Crippen molar-refractivity contribution in [2.75, 3.05) is 19.6 Å². The van der Waals surface area contributed by atoms with E-state index < -0.39 is 0 Å². The summed E-state index contributed by atoms with van der Waals surface area (Å²) in [4.78, 5) is 73.8. The summed E-state index contributed by atoms with van der Waals surface area (Å²) in [5.74, 6) is 2.49. The molecule has 9 nitrogen and oxygen atoms in total. The number of rotatable bonds is 8. The summed E-state index contributed by atoms with van der Waals surface area (Å²) in [6.07, 6.45) is 13.3. The third-order valence-electron chi connectivity index (χ3n) is 14.1. The minimum Gasteiger partial charge on any atom is -0.355 e. The lowest BCUT2D eigenvalue weighted by Gasteiger charge is -2.32. The Kier molecular flexibility index (Phi) is 23.9. The maximum atomic E-state index is 12.2. The van der Waals surface area contributed by atoms with E-state index in [1.54, 1.807) is 0 Å². The van der Waals surface area contributed by atoms with Crippen LogP contribution in [-0.4, -0.2) is 59.7 Å². The number of nitrogens with one attached hydrogen (secondary N) is 2. The lowest BCUT2D eigenvalue weighted by atomic mass is 9.74. The zero-order valence-corrected chi connectivity index (χ0v) is 50.3. The Balaban J connectivity index is 0.000000468. The molecule has 0 aromatic carbocycles. The van der Waals surface area contributed by atoms with Crippen LogP contribution in [0.2, 0.25) is 0 Å². The fourth-order valence-corrected chi connectivity index (χ4v) is 10.4. The molecule has 1 heterocycles. The molecule has 3 atom stereocenters. The van der Waals surface area contributed by atoms with E-state index >= 15 is 0 Å². The Labute approximate surface area is 431 Å². The maximum absolute atomic E-state index is 12.2. The number of imide groups is 1. The van der Waals surface area contributed by atoms with E-state index in [0.29, 0.717) is 36.6 Å². The van der Waals surface area contributed by atoms with Gasteiger partial charge in [-0.15, -0.1) is 0 Å². The summed E-state index contributed by atoms with van der Waals surface area (Å²) in [6.45, 7) is 53.5. The highest BCUT2D eigenvalue weighted by molar-refractivity contribution is 6.10. The van der Waals surface area contributed by atoms with Gasteiger partial charge in [0.05, 0.1) is 11.8 Å².